The first kappa shape index (κ1) is 14.7. The van der Waals surface area contributed by atoms with Gasteiger partial charge in [0.2, 0.25) is 5.91 Å². The topological polar surface area (TPSA) is 99.9 Å². The predicted octanol–water partition coefficient (Wildman–Crippen LogP) is 0.331. The zero-order chi connectivity index (χ0) is 14.4. The Labute approximate surface area is 110 Å². The average molecular weight is 268 g/mol. The lowest BCUT2D eigenvalue weighted by Gasteiger charge is -2.21. The molecule has 2 amide bonds. The first-order valence-electron chi connectivity index (χ1n) is 5.72. The highest BCUT2D eigenvalue weighted by molar-refractivity contribution is 5.94. The number of rotatable bonds is 6. The summed E-state index contributed by atoms with van der Waals surface area (Å²) in [5.41, 5.74) is 0.375. The van der Waals surface area contributed by atoms with Gasteiger partial charge in [-0.3, -0.25) is 9.59 Å². The molecule has 1 atom stereocenters. The van der Waals surface area contributed by atoms with Crippen LogP contribution >= 0.6 is 0 Å². The van der Waals surface area contributed by atoms with Crippen molar-refractivity contribution in [2.24, 2.45) is 0 Å². The molecule has 0 aliphatic heterocycles. The number of amides is 2. The molecule has 1 unspecified atom stereocenters. The molecule has 0 fully saturated rings. The Morgan fingerprint density at radius 1 is 1.47 bits per heavy atom. The normalized spacial score (nSPS) is 11.7. The number of carboxylic acids is 1. The van der Waals surface area contributed by atoms with E-state index in [-0.39, 0.29) is 24.8 Å². The molecule has 7 nitrogen and oxygen atoms in total. The summed E-state index contributed by atoms with van der Waals surface area (Å²) in [4.78, 5) is 35.0. The number of hydrogen-bond donors (Lipinski definition) is 2. The van der Waals surface area contributed by atoms with Crippen molar-refractivity contribution in [2.75, 3.05) is 13.6 Å². The third-order valence-corrected chi connectivity index (χ3v) is 2.74. The lowest BCUT2D eigenvalue weighted by atomic mass is 10.2. The number of carboxylic acid groups (broad SMARTS) is 1. The van der Waals surface area contributed by atoms with Gasteiger partial charge < -0.3 is 19.7 Å². The van der Waals surface area contributed by atoms with Crippen LogP contribution in [-0.4, -0.2) is 47.4 Å². The Morgan fingerprint density at radius 3 is 2.68 bits per heavy atom. The molecule has 1 aromatic rings. The van der Waals surface area contributed by atoms with Gasteiger partial charge in [0.1, 0.15) is 12.3 Å². The summed E-state index contributed by atoms with van der Waals surface area (Å²) in [6, 6.07) is 0.618. The van der Waals surface area contributed by atoms with Crippen LogP contribution in [0.25, 0.3) is 0 Å². The number of aliphatic carboxylic acids is 1. The van der Waals surface area contributed by atoms with Gasteiger partial charge in [0, 0.05) is 20.0 Å². The van der Waals surface area contributed by atoms with Crippen molar-refractivity contribution >= 4 is 17.8 Å². The van der Waals surface area contributed by atoms with Crippen LogP contribution in [0.5, 0.6) is 0 Å². The maximum absolute atomic E-state index is 11.6. The second-order valence-electron chi connectivity index (χ2n) is 4.04. The fourth-order valence-electron chi connectivity index (χ4n) is 1.34. The molecule has 0 aliphatic carbocycles. The third-order valence-electron chi connectivity index (χ3n) is 2.74. The maximum atomic E-state index is 11.6. The highest BCUT2D eigenvalue weighted by Gasteiger charge is 2.21. The summed E-state index contributed by atoms with van der Waals surface area (Å²) < 4.78 is 4.76. The number of carbonyl (C=O) groups is 3. The van der Waals surface area contributed by atoms with E-state index in [1.54, 1.807) is 0 Å². The molecule has 7 heteroatoms. The van der Waals surface area contributed by atoms with Crippen LogP contribution < -0.4 is 5.32 Å². The summed E-state index contributed by atoms with van der Waals surface area (Å²) >= 11 is 0. The van der Waals surface area contributed by atoms with E-state index in [0.29, 0.717) is 5.56 Å². The van der Waals surface area contributed by atoms with Gasteiger partial charge in [0.05, 0.1) is 11.8 Å². The van der Waals surface area contributed by atoms with E-state index in [4.69, 9.17) is 9.52 Å². The molecule has 1 aromatic heterocycles. The van der Waals surface area contributed by atoms with Gasteiger partial charge >= 0.3 is 5.97 Å². The average Bonchev–Trinajstić information content (AvgIpc) is 2.90. The number of likely N-dealkylation sites (N-methyl/N-ethyl adjacent to an activating group) is 1. The Bertz CT molecular complexity index is 455. The Kier molecular flexibility index (Phi) is 5.11. The molecule has 19 heavy (non-hydrogen) atoms. The zero-order valence-electron chi connectivity index (χ0n) is 10.8. The van der Waals surface area contributed by atoms with Gasteiger partial charge in [-0.05, 0) is 13.0 Å². The van der Waals surface area contributed by atoms with Gasteiger partial charge in [-0.15, -0.1) is 0 Å². The molecular weight excluding hydrogens is 252 g/mol. The van der Waals surface area contributed by atoms with Crippen LogP contribution in [-0.2, 0) is 9.59 Å². The number of nitrogens with one attached hydrogen (secondary N) is 1. The highest BCUT2D eigenvalue weighted by atomic mass is 16.4. The minimum atomic E-state index is -1.07. The van der Waals surface area contributed by atoms with E-state index in [1.165, 1.54) is 32.6 Å². The molecule has 2 N–H and O–H groups in total. The lowest BCUT2D eigenvalue weighted by molar-refractivity contribution is -0.148. The molecule has 0 aliphatic rings. The summed E-state index contributed by atoms with van der Waals surface area (Å²) in [5.74, 6) is -1.75. The van der Waals surface area contributed by atoms with Crippen LogP contribution in [0.2, 0.25) is 0 Å². The van der Waals surface area contributed by atoms with Crippen molar-refractivity contribution in [1.82, 2.24) is 10.2 Å². The fourth-order valence-corrected chi connectivity index (χ4v) is 1.34. The predicted molar refractivity (Wildman–Crippen MR) is 65.5 cm³/mol. The first-order valence-corrected chi connectivity index (χ1v) is 5.72. The van der Waals surface area contributed by atoms with Crippen LogP contribution in [0, 0.1) is 0 Å². The smallest absolute Gasteiger partial charge is 0.326 e. The lowest BCUT2D eigenvalue weighted by Crippen LogP contribution is -2.41. The SMILES string of the molecule is CC(C(=O)O)N(C)C(=O)CCNC(=O)c1ccoc1. The Morgan fingerprint density at radius 2 is 2.16 bits per heavy atom. The van der Waals surface area contributed by atoms with Crippen molar-refractivity contribution in [1.29, 1.82) is 0 Å². The summed E-state index contributed by atoms with van der Waals surface area (Å²) in [5, 5.41) is 11.3. The third kappa shape index (κ3) is 4.13. The first-order chi connectivity index (χ1) is 8.93. The van der Waals surface area contributed by atoms with Crippen molar-refractivity contribution in [2.45, 2.75) is 19.4 Å². The summed E-state index contributed by atoms with van der Waals surface area (Å²) in [6.45, 7) is 1.56. The minimum absolute atomic E-state index is 0.0394. The van der Waals surface area contributed by atoms with Crippen molar-refractivity contribution in [3.8, 4) is 0 Å². The van der Waals surface area contributed by atoms with Gasteiger partial charge in [-0.25, -0.2) is 4.79 Å². The van der Waals surface area contributed by atoms with Crippen molar-refractivity contribution in [3.63, 3.8) is 0 Å². The molecular formula is C12H16N2O5. The van der Waals surface area contributed by atoms with Gasteiger partial charge in [-0.2, -0.15) is 0 Å². The summed E-state index contributed by atoms with van der Waals surface area (Å²) in [6.07, 6.45) is 2.72. The molecule has 0 aromatic carbocycles. The number of nitrogens with zero attached hydrogens (tertiary/aromatic N) is 1. The number of furan rings is 1. The van der Waals surface area contributed by atoms with Crippen LogP contribution in [0.1, 0.15) is 23.7 Å². The van der Waals surface area contributed by atoms with Crippen LogP contribution in [0.15, 0.2) is 23.0 Å². The Hall–Kier alpha value is -2.31. The summed E-state index contributed by atoms with van der Waals surface area (Å²) in [7, 11) is 1.42. The molecule has 1 rings (SSSR count). The highest BCUT2D eigenvalue weighted by Crippen LogP contribution is 2.01. The van der Waals surface area contributed by atoms with Crippen molar-refractivity contribution in [3.05, 3.63) is 24.2 Å². The van der Waals surface area contributed by atoms with Crippen LogP contribution in [0.4, 0.5) is 0 Å². The quantitative estimate of drug-likeness (QED) is 0.774. The van der Waals surface area contributed by atoms with Crippen LogP contribution in [0.3, 0.4) is 0 Å². The van der Waals surface area contributed by atoms with Gasteiger partial charge in [-0.1, -0.05) is 0 Å². The zero-order valence-corrected chi connectivity index (χ0v) is 10.8. The fraction of sp³-hybridized carbons (Fsp3) is 0.417. The largest absolute Gasteiger partial charge is 0.480 e. The second kappa shape index (κ2) is 6.58. The standard InChI is InChI=1S/C12H16N2O5/c1-8(12(17)18)14(2)10(15)3-5-13-11(16)9-4-6-19-7-9/h4,6-8H,3,5H2,1-2H3,(H,13,16)(H,17,18). The molecule has 104 valence electrons. The van der Waals surface area contributed by atoms with E-state index >= 15 is 0 Å². The van der Waals surface area contributed by atoms with E-state index < -0.39 is 12.0 Å². The molecule has 1 heterocycles. The molecule has 0 saturated carbocycles. The monoisotopic (exact) mass is 268 g/mol. The van der Waals surface area contributed by atoms with E-state index in [2.05, 4.69) is 5.32 Å². The molecule has 0 radical (unpaired) electrons. The Balaban J connectivity index is 2.35. The molecule has 0 saturated heterocycles. The van der Waals surface area contributed by atoms with Gasteiger partial charge in [0.15, 0.2) is 0 Å². The molecule has 0 bridgehead atoms. The van der Waals surface area contributed by atoms with Crippen molar-refractivity contribution < 1.29 is 23.9 Å². The van der Waals surface area contributed by atoms with E-state index in [0.717, 1.165) is 4.90 Å². The van der Waals surface area contributed by atoms with Gasteiger partial charge in [0.25, 0.3) is 5.91 Å². The molecule has 0 spiro atoms. The minimum Gasteiger partial charge on any atom is -0.480 e. The van der Waals surface area contributed by atoms with E-state index in [9.17, 15) is 14.4 Å². The second-order valence-corrected chi connectivity index (χ2v) is 4.04. The maximum Gasteiger partial charge on any atom is 0.326 e. The number of carbonyl (C=O) groups excluding carboxylic acids is 2. The number of hydrogen-bond acceptors (Lipinski definition) is 4. The van der Waals surface area contributed by atoms with E-state index in [1.807, 2.05) is 0 Å².